The molecule has 0 saturated heterocycles. The number of carbonyl (C=O) groups is 1. The fraction of sp³-hybridized carbons (Fsp3) is 0.0667. The molecule has 2 aromatic carbocycles. The molecule has 0 aromatic heterocycles. The lowest BCUT2D eigenvalue weighted by atomic mass is 10.2. The van der Waals surface area contributed by atoms with Crippen molar-refractivity contribution in [2.24, 2.45) is 10.2 Å². The highest BCUT2D eigenvalue weighted by Gasteiger charge is 2.13. The summed E-state index contributed by atoms with van der Waals surface area (Å²) in [6, 6.07) is 9.31. The van der Waals surface area contributed by atoms with Crippen molar-refractivity contribution in [1.82, 2.24) is 0 Å². The first-order chi connectivity index (χ1) is 11.5. The van der Waals surface area contributed by atoms with Gasteiger partial charge in [0.1, 0.15) is 23.1 Å². The number of carbonyl (C=O) groups excluding carboxylic acids is 1. The van der Waals surface area contributed by atoms with E-state index in [-0.39, 0.29) is 33.9 Å². The van der Waals surface area contributed by atoms with Gasteiger partial charge in [-0.05, 0) is 24.3 Å². The second kappa shape index (κ2) is 6.97. The minimum absolute atomic E-state index is 0.0140. The molecule has 120 valence electrons. The van der Waals surface area contributed by atoms with Crippen molar-refractivity contribution < 1.29 is 19.6 Å². The van der Waals surface area contributed by atoms with Crippen molar-refractivity contribution in [3.05, 3.63) is 57.6 Å². The summed E-state index contributed by atoms with van der Waals surface area (Å²) in [5.41, 5.74) is 0.0347. The Morgan fingerprint density at radius 1 is 1.29 bits per heavy atom. The number of nitriles is 1. The molecule has 9 nitrogen and oxygen atoms in total. The summed E-state index contributed by atoms with van der Waals surface area (Å²) in [4.78, 5) is 21.6. The summed E-state index contributed by atoms with van der Waals surface area (Å²) < 4.78 is 4.53. The summed E-state index contributed by atoms with van der Waals surface area (Å²) in [6.07, 6.45) is 0. The number of non-ortho nitro benzene ring substituents is 1. The lowest BCUT2D eigenvalue weighted by molar-refractivity contribution is -0.384. The smallest absolute Gasteiger partial charge is 0.341 e. The van der Waals surface area contributed by atoms with Crippen LogP contribution in [0.25, 0.3) is 0 Å². The van der Waals surface area contributed by atoms with E-state index in [1.54, 1.807) is 6.07 Å². The van der Waals surface area contributed by atoms with Gasteiger partial charge in [-0.15, -0.1) is 5.11 Å². The first-order valence-electron chi connectivity index (χ1n) is 6.48. The van der Waals surface area contributed by atoms with Gasteiger partial charge in [-0.1, -0.05) is 0 Å². The molecular formula is C15H10N4O5. The van der Waals surface area contributed by atoms with Crippen LogP contribution in [0.3, 0.4) is 0 Å². The molecule has 9 heteroatoms. The van der Waals surface area contributed by atoms with Crippen LogP contribution in [0.1, 0.15) is 15.9 Å². The van der Waals surface area contributed by atoms with Crippen LogP contribution in [0.2, 0.25) is 0 Å². The van der Waals surface area contributed by atoms with Crippen LogP contribution in [0.5, 0.6) is 5.75 Å². The van der Waals surface area contributed by atoms with Crippen molar-refractivity contribution in [1.29, 1.82) is 5.26 Å². The van der Waals surface area contributed by atoms with E-state index in [2.05, 4.69) is 15.0 Å². The largest absolute Gasteiger partial charge is 0.507 e. The average molecular weight is 326 g/mol. The van der Waals surface area contributed by atoms with Gasteiger partial charge in [0.2, 0.25) is 0 Å². The van der Waals surface area contributed by atoms with E-state index in [0.29, 0.717) is 0 Å². The van der Waals surface area contributed by atoms with E-state index in [9.17, 15) is 20.0 Å². The van der Waals surface area contributed by atoms with Crippen molar-refractivity contribution in [2.75, 3.05) is 7.11 Å². The van der Waals surface area contributed by atoms with E-state index in [0.717, 1.165) is 6.07 Å². The fourth-order valence-corrected chi connectivity index (χ4v) is 1.79. The Morgan fingerprint density at radius 2 is 2.04 bits per heavy atom. The number of rotatable bonds is 4. The molecule has 0 aliphatic heterocycles. The number of nitrogens with zero attached hydrogens (tertiary/aromatic N) is 4. The summed E-state index contributed by atoms with van der Waals surface area (Å²) in [5.74, 6) is -1.01. The number of hydrogen-bond acceptors (Lipinski definition) is 8. The van der Waals surface area contributed by atoms with Crippen LogP contribution >= 0.6 is 0 Å². The van der Waals surface area contributed by atoms with E-state index >= 15 is 0 Å². The number of azo groups is 1. The first kappa shape index (κ1) is 16.6. The monoisotopic (exact) mass is 326 g/mol. The molecule has 0 spiro atoms. The molecule has 0 unspecified atom stereocenters. The molecule has 2 rings (SSSR count). The van der Waals surface area contributed by atoms with Gasteiger partial charge in [-0.3, -0.25) is 10.1 Å². The number of phenolic OH excluding ortho intramolecular Hbond substituents is 1. The van der Waals surface area contributed by atoms with Gasteiger partial charge >= 0.3 is 5.97 Å². The third-order valence-electron chi connectivity index (χ3n) is 2.97. The lowest BCUT2D eigenvalue weighted by Gasteiger charge is -2.03. The van der Waals surface area contributed by atoms with E-state index in [1.165, 1.54) is 37.4 Å². The van der Waals surface area contributed by atoms with Crippen LogP contribution < -0.4 is 0 Å². The van der Waals surface area contributed by atoms with Gasteiger partial charge in [-0.25, -0.2) is 4.79 Å². The Kier molecular flexibility index (Phi) is 4.81. The van der Waals surface area contributed by atoms with E-state index in [4.69, 9.17) is 5.26 Å². The second-order valence-electron chi connectivity index (χ2n) is 4.46. The summed E-state index contributed by atoms with van der Waals surface area (Å²) in [5, 5.41) is 37.1. The van der Waals surface area contributed by atoms with Gasteiger partial charge in [0.25, 0.3) is 5.69 Å². The maximum Gasteiger partial charge on any atom is 0.341 e. The normalized spacial score (nSPS) is 10.3. The molecule has 0 saturated carbocycles. The highest BCUT2D eigenvalue weighted by Crippen LogP contribution is 2.28. The Bertz CT molecular complexity index is 886. The third kappa shape index (κ3) is 3.50. The minimum Gasteiger partial charge on any atom is -0.507 e. The molecular weight excluding hydrogens is 316 g/mol. The Labute approximate surface area is 135 Å². The predicted molar refractivity (Wildman–Crippen MR) is 81.4 cm³/mol. The molecule has 0 radical (unpaired) electrons. The molecule has 0 fully saturated rings. The SMILES string of the molecule is COC(=O)c1cc(N=Nc2ccc([N+](=O)[O-])cc2C#N)ccc1O. The van der Waals surface area contributed by atoms with Crippen molar-refractivity contribution in [3.63, 3.8) is 0 Å². The average Bonchev–Trinajstić information content (AvgIpc) is 2.60. The zero-order valence-electron chi connectivity index (χ0n) is 12.3. The number of ether oxygens (including phenoxy) is 1. The summed E-state index contributed by atoms with van der Waals surface area (Å²) in [7, 11) is 1.17. The Hall–Kier alpha value is -3.80. The quantitative estimate of drug-likeness (QED) is 0.395. The molecule has 0 atom stereocenters. The number of benzene rings is 2. The number of hydrogen-bond donors (Lipinski definition) is 1. The third-order valence-corrected chi connectivity index (χ3v) is 2.97. The maximum absolute atomic E-state index is 11.5. The molecule has 1 N–H and O–H groups in total. The molecule has 0 bridgehead atoms. The summed E-state index contributed by atoms with van der Waals surface area (Å²) in [6.45, 7) is 0. The Balaban J connectivity index is 2.37. The number of nitro benzene ring substituents is 1. The van der Waals surface area contributed by atoms with Gasteiger partial charge < -0.3 is 9.84 Å². The van der Waals surface area contributed by atoms with Crippen LogP contribution in [0.15, 0.2) is 46.6 Å². The number of aromatic hydroxyl groups is 1. The van der Waals surface area contributed by atoms with Gasteiger partial charge in [-0.2, -0.15) is 10.4 Å². The summed E-state index contributed by atoms with van der Waals surface area (Å²) >= 11 is 0. The minimum atomic E-state index is -0.738. The van der Waals surface area contributed by atoms with Crippen LogP contribution in [0, 0.1) is 21.4 Å². The zero-order valence-corrected chi connectivity index (χ0v) is 12.3. The standard InChI is InChI=1S/C15H10N4O5/c1-24-15(21)12-7-10(2-5-14(12)20)17-18-13-4-3-11(19(22)23)6-9(13)8-16/h2-7,20H,1H3. The predicted octanol–water partition coefficient (Wildman–Crippen LogP) is 3.37. The molecule has 0 heterocycles. The van der Waals surface area contributed by atoms with Crippen molar-refractivity contribution in [2.45, 2.75) is 0 Å². The molecule has 24 heavy (non-hydrogen) atoms. The lowest BCUT2D eigenvalue weighted by Crippen LogP contribution is -2.00. The highest BCUT2D eigenvalue weighted by molar-refractivity contribution is 5.93. The number of esters is 1. The second-order valence-corrected chi connectivity index (χ2v) is 4.46. The fourth-order valence-electron chi connectivity index (χ4n) is 1.79. The maximum atomic E-state index is 11.5. The number of nitro groups is 1. The molecule has 0 aliphatic rings. The number of methoxy groups -OCH3 is 1. The molecule has 0 amide bonds. The van der Waals surface area contributed by atoms with Crippen LogP contribution in [0.4, 0.5) is 17.1 Å². The van der Waals surface area contributed by atoms with E-state index in [1.807, 2.05) is 0 Å². The van der Waals surface area contributed by atoms with Crippen LogP contribution in [-0.4, -0.2) is 23.1 Å². The first-order valence-corrected chi connectivity index (χ1v) is 6.48. The topological polar surface area (TPSA) is 138 Å². The van der Waals surface area contributed by atoms with Gasteiger partial charge in [0.15, 0.2) is 0 Å². The van der Waals surface area contributed by atoms with Gasteiger partial charge in [0, 0.05) is 12.1 Å². The molecule has 0 aliphatic carbocycles. The Morgan fingerprint density at radius 3 is 2.67 bits per heavy atom. The number of phenols is 1. The molecule has 2 aromatic rings. The van der Waals surface area contributed by atoms with Crippen molar-refractivity contribution >= 4 is 23.0 Å². The van der Waals surface area contributed by atoms with Crippen molar-refractivity contribution in [3.8, 4) is 11.8 Å². The van der Waals surface area contributed by atoms with E-state index < -0.39 is 10.9 Å². The zero-order chi connectivity index (χ0) is 17.7. The highest BCUT2D eigenvalue weighted by atomic mass is 16.6. The van der Waals surface area contributed by atoms with Gasteiger partial charge in [0.05, 0.1) is 23.3 Å². The van der Waals surface area contributed by atoms with Crippen LogP contribution in [-0.2, 0) is 4.74 Å².